The number of carbonyl (C=O) groups excluding carboxylic acids is 1. The van der Waals surface area contributed by atoms with Crippen molar-refractivity contribution < 1.29 is 14.1 Å². The van der Waals surface area contributed by atoms with E-state index in [4.69, 9.17) is 0 Å². The van der Waals surface area contributed by atoms with Crippen LogP contribution in [0.1, 0.15) is 0 Å². The number of ether oxygens (including phenoxy) is 1. The summed E-state index contributed by atoms with van der Waals surface area (Å²) in [7, 11) is 1.28. The third kappa shape index (κ3) is 3.08. The summed E-state index contributed by atoms with van der Waals surface area (Å²) in [6.45, 7) is 0. The van der Waals surface area contributed by atoms with Crippen molar-refractivity contribution in [3.05, 3.63) is 30.3 Å². The molecule has 1 aromatic rings. The molecule has 3 nitrogen and oxygen atoms in total. The van der Waals surface area contributed by atoms with E-state index >= 15 is 0 Å². The first-order valence-corrected chi connectivity index (χ1v) is 5.06. The normalized spacial score (nSPS) is 12.2. The van der Waals surface area contributed by atoms with Gasteiger partial charge < -0.3 is 9.29 Å². The van der Waals surface area contributed by atoms with Crippen LogP contribution in [-0.2, 0) is 20.7 Å². The van der Waals surface area contributed by atoms with Gasteiger partial charge >= 0.3 is 5.97 Å². The van der Waals surface area contributed by atoms with Gasteiger partial charge in [-0.25, -0.2) is 4.79 Å². The number of esters is 1. The van der Waals surface area contributed by atoms with Crippen LogP contribution in [0, 0.1) is 0 Å². The Morgan fingerprint density at radius 1 is 1.46 bits per heavy atom. The summed E-state index contributed by atoms with van der Waals surface area (Å²) in [5.41, 5.74) is 0. The average Bonchev–Trinajstić information content (AvgIpc) is 2.19. The third-order valence-electron chi connectivity index (χ3n) is 1.48. The molecule has 0 aliphatic rings. The molecule has 0 bridgehead atoms. The van der Waals surface area contributed by atoms with Gasteiger partial charge in [-0.15, -0.1) is 0 Å². The number of hydrogen-bond donors (Lipinski definition) is 0. The van der Waals surface area contributed by atoms with E-state index in [1.807, 2.05) is 6.07 Å². The standard InChI is InChI=1S/C9H10O3S/c1-12-9(10)7-13(11)8-5-3-2-4-6-8/h2-6H,7H2,1H3/t13-/m1/s1. The quantitative estimate of drug-likeness (QED) is 0.537. The predicted octanol–water partition coefficient (Wildman–Crippen LogP) is 0.967. The predicted molar refractivity (Wildman–Crippen MR) is 49.7 cm³/mol. The van der Waals surface area contributed by atoms with Gasteiger partial charge in [-0.05, 0) is 23.3 Å². The molecule has 0 amide bonds. The number of carbonyl (C=O) groups is 1. The molecule has 0 aliphatic heterocycles. The van der Waals surface area contributed by atoms with Gasteiger partial charge in [0.25, 0.3) is 0 Å². The highest BCUT2D eigenvalue weighted by atomic mass is 32.2. The molecule has 4 heteroatoms. The van der Waals surface area contributed by atoms with Crippen LogP contribution in [0.25, 0.3) is 0 Å². The van der Waals surface area contributed by atoms with Crippen LogP contribution in [0.15, 0.2) is 35.2 Å². The number of methoxy groups -OCH3 is 1. The topological polar surface area (TPSA) is 49.4 Å². The molecule has 0 aromatic heterocycles. The largest absolute Gasteiger partial charge is 0.611 e. The molecule has 70 valence electrons. The van der Waals surface area contributed by atoms with Crippen molar-refractivity contribution in [2.45, 2.75) is 4.90 Å². The molecule has 0 saturated carbocycles. The van der Waals surface area contributed by atoms with E-state index in [-0.39, 0.29) is 5.75 Å². The lowest BCUT2D eigenvalue weighted by Gasteiger charge is -2.07. The molecular formula is C9H10O3S. The SMILES string of the molecule is COC(=O)C[S@@+]([O-])c1ccccc1. The zero-order chi connectivity index (χ0) is 9.68. The maximum absolute atomic E-state index is 11.4. The minimum Gasteiger partial charge on any atom is -0.611 e. The minimum atomic E-state index is -1.29. The Balaban J connectivity index is 2.59. The maximum Gasteiger partial charge on any atom is 0.356 e. The second-order valence-corrected chi connectivity index (χ2v) is 3.83. The van der Waals surface area contributed by atoms with E-state index in [1.54, 1.807) is 24.3 Å². The molecule has 1 aromatic carbocycles. The maximum atomic E-state index is 11.4. The third-order valence-corrected chi connectivity index (χ3v) is 2.78. The second kappa shape index (κ2) is 4.89. The molecule has 0 radical (unpaired) electrons. The Bertz CT molecular complexity index is 273. The number of benzene rings is 1. The summed E-state index contributed by atoms with van der Waals surface area (Å²) < 4.78 is 15.8. The average molecular weight is 198 g/mol. The molecule has 1 atom stereocenters. The van der Waals surface area contributed by atoms with Crippen molar-refractivity contribution in [2.75, 3.05) is 12.9 Å². The van der Waals surface area contributed by atoms with Crippen molar-refractivity contribution >= 4 is 17.1 Å². The molecular weight excluding hydrogens is 188 g/mol. The molecule has 13 heavy (non-hydrogen) atoms. The zero-order valence-corrected chi connectivity index (χ0v) is 8.04. The van der Waals surface area contributed by atoms with Gasteiger partial charge in [0.2, 0.25) is 5.75 Å². The summed E-state index contributed by atoms with van der Waals surface area (Å²) in [6.07, 6.45) is 0. The van der Waals surface area contributed by atoms with E-state index in [0.717, 1.165) is 0 Å². The minimum absolute atomic E-state index is 0.0828. The van der Waals surface area contributed by atoms with Crippen LogP contribution in [0.3, 0.4) is 0 Å². The molecule has 0 fully saturated rings. The first kappa shape index (κ1) is 10.1. The lowest BCUT2D eigenvalue weighted by atomic mass is 10.4. The van der Waals surface area contributed by atoms with Gasteiger partial charge in [0, 0.05) is 0 Å². The van der Waals surface area contributed by atoms with E-state index in [2.05, 4.69) is 4.74 Å². The fraction of sp³-hybridized carbons (Fsp3) is 0.222. The lowest BCUT2D eigenvalue weighted by Crippen LogP contribution is -2.17. The molecule has 0 heterocycles. The van der Waals surface area contributed by atoms with E-state index in [1.165, 1.54) is 7.11 Å². The highest BCUT2D eigenvalue weighted by Gasteiger charge is 2.15. The van der Waals surface area contributed by atoms with Crippen LogP contribution >= 0.6 is 0 Å². The second-order valence-electron chi connectivity index (χ2n) is 2.38. The summed E-state index contributed by atoms with van der Waals surface area (Å²) >= 11 is -1.29. The summed E-state index contributed by atoms with van der Waals surface area (Å²) in [6, 6.07) is 8.84. The van der Waals surface area contributed by atoms with Gasteiger partial charge in [-0.3, -0.25) is 0 Å². The van der Waals surface area contributed by atoms with Gasteiger partial charge in [-0.1, -0.05) is 18.2 Å². The molecule has 0 saturated heterocycles. The highest BCUT2D eigenvalue weighted by molar-refractivity contribution is 7.92. The van der Waals surface area contributed by atoms with E-state index < -0.39 is 17.1 Å². The Kier molecular flexibility index (Phi) is 3.79. The van der Waals surface area contributed by atoms with Crippen LogP contribution in [0.5, 0.6) is 0 Å². The van der Waals surface area contributed by atoms with Crippen molar-refractivity contribution in [1.29, 1.82) is 0 Å². The Hall–Kier alpha value is -1.00. The van der Waals surface area contributed by atoms with Gasteiger partial charge in [-0.2, -0.15) is 0 Å². The van der Waals surface area contributed by atoms with Crippen molar-refractivity contribution in [1.82, 2.24) is 0 Å². The van der Waals surface area contributed by atoms with Crippen LogP contribution < -0.4 is 0 Å². The van der Waals surface area contributed by atoms with Gasteiger partial charge in [0.1, 0.15) is 0 Å². The first-order chi connectivity index (χ1) is 6.24. The molecule has 0 unspecified atom stereocenters. The van der Waals surface area contributed by atoms with E-state index in [0.29, 0.717) is 4.90 Å². The Morgan fingerprint density at radius 3 is 2.62 bits per heavy atom. The molecule has 1 rings (SSSR count). The number of hydrogen-bond acceptors (Lipinski definition) is 3. The monoisotopic (exact) mass is 198 g/mol. The summed E-state index contributed by atoms with van der Waals surface area (Å²) in [4.78, 5) is 11.4. The van der Waals surface area contributed by atoms with Crippen molar-refractivity contribution in [3.8, 4) is 0 Å². The smallest absolute Gasteiger partial charge is 0.356 e. The van der Waals surface area contributed by atoms with Crippen LogP contribution in [-0.4, -0.2) is 23.4 Å². The Labute approximate surface area is 79.9 Å². The highest BCUT2D eigenvalue weighted by Crippen LogP contribution is 2.09. The molecule has 0 aliphatic carbocycles. The first-order valence-electron chi connectivity index (χ1n) is 3.74. The van der Waals surface area contributed by atoms with Crippen molar-refractivity contribution in [2.24, 2.45) is 0 Å². The molecule has 0 N–H and O–H groups in total. The van der Waals surface area contributed by atoms with Crippen LogP contribution in [0.4, 0.5) is 0 Å². The van der Waals surface area contributed by atoms with Gasteiger partial charge in [0.05, 0.1) is 7.11 Å². The van der Waals surface area contributed by atoms with E-state index in [9.17, 15) is 9.35 Å². The summed E-state index contributed by atoms with van der Waals surface area (Å²) in [5.74, 6) is -0.539. The fourth-order valence-corrected chi connectivity index (χ4v) is 1.78. The summed E-state index contributed by atoms with van der Waals surface area (Å²) in [5, 5.41) is 0. The lowest BCUT2D eigenvalue weighted by molar-refractivity contribution is -0.137. The van der Waals surface area contributed by atoms with Crippen molar-refractivity contribution in [3.63, 3.8) is 0 Å². The zero-order valence-electron chi connectivity index (χ0n) is 7.23. The Morgan fingerprint density at radius 2 is 2.08 bits per heavy atom. The number of rotatable bonds is 3. The molecule has 0 spiro atoms. The van der Waals surface area contributed by atoms with Crippen LogP contribution in [0.2, 0.25) is 0 Å². The van der Waals surface area contributed by atoms with Gasteiger partial charge in [0.15, 0.2) is 4.90 Å². The fourth-order valence-electron chi connectivity index (χ4n) is 0.822.